The van der Waals surface area contributed by atoms with Gasteiger partial charge in [0.1, 0.15) is 0 Å². The smallest absolute Gasteiger partial charge is 0.318 e. The van der Waals surface area contributed by atoms with Crippen molar-refractivity contribution in [2.75, 3.05) is 20.1 Å². The highest BCUT2D eigenvalue weighted by Gasteiger charge is 2.06. The fraction of sp³-hybridized carbons (Fsp3) is 0.500. The molecule has 0 rings (SSSR count). The molecule has 0 aromatic rings. The van der Waals surface area contributed by atoms with Gasteiger partial charge in [-0.1, -0.05) is 0 Å². The van der Waals surface area contributed by atoms with Gasteiger partial charge in [0.2, 0.25) is 5.91 Å². The third kappa shape index (κ3) is 5.20. The molecule has 0 aliphatic rings. The van der Waals surface area contributed by atoms with Crippen LogP contribution in [0, 0.1) is 11.3 Å². The fourth-order valence-corrected chi connectivity index (χ4v) is 0.599. The van der Waals surface area contributed by atoms with E-state index >= 15 is 0 Å². The monoisotopic (exact) mass is 170 g/mol. The minimum Gasteiger partial charge on any atom is -0.351 e. The minimum absolute atomic E-state index is 0.0174. The van der Waals surface area contributed by atoms with Crippen LogP contribution in [0.4, 0.5) is 4.79 Å². The molecule has 6 heteroatoms. The lowest BCUT2D eigenvalue weighted by Gasteiger charge is -2.10. The second-order valence-corrected chi connectivity index (χ2v) is 2.24. The molecule has 0 atom stereocenters. The van der Waals surface area contributed by atoms with Crippen LogP contribution < -0.4 is 11.1 Å². The van der Waals surface area contributed by atoms with Gasteiger partial charge < -0.3 is 5.73 Å². The highest BCUT2D eigenvalue weighted by atomic mass is 16.2. The van der Waals surface area contributed by atoms with E-state index in [9.17, 15) is 9.59 Å². The van der Waals surface area contributed by atoms with E-state index in [0.717, 1.165) is 0 Å². The Morgan fingerprint density at radius 2 is 2.25 bits per heavy atom. The molecule has 0 saturated heterocycles. The van der Waals surface area contributed by atoms with Crippen LogP contribution in [0.25, 0.3) is 0 Å². The van der Waals surface area contributed by atoms with Crippen molar-refractivity contribution in [2.45, 2.75) is 0 Å². The second-order valence-electron chi connectivity index (χ2n) is 2.24. The minimum atomic E-state index is -0.884. The number of amides is 3. The Hall–Kier alpha value is -1.61. The maximum atomic E-state index is 10.8. The van der Waals surface area contributed by atoms with Crippen LogP contribution in [0.3, 0.4) is 0 Å². The average molecular weight is 170 g/mol. The molecule has 0 heterocycles. The van der Waals surface area contributed by atoms with Crippen molar-refractivity contribution in [1.82, 2.24) is 10.2 Å². The van der Waals surface area contributed by atoms with Crippen molar-refractivity contribution < 1.29 is 9.59 Å². The highest BCUT2D eigenvalue weighted by Crippen LogP contribution is 1.79. The molecule has 0 aliphatic carbocycles. The summed E-state index contributed by atoms with van der Waals surface area (Å²) in [5.41, 5.74) is 4.69. The fourth-order valence-electron chi connectivity index (χ4n) is 0.599. The molecule has 0 radical (unpaired) electrons. The van der Waals surface area contributed by atoms with E-state index in [2.05, 4.69) is 5.73 Å². The van der Waals surface area contributed by atoms with Gasteiger partial charge in [0, 0.05) is 0 Å². The first-order chi connectivity index (χ1) is 5.56. The Morgan fingerprint density at radius 1 is 1.67 bits per heavy atom. The first kappa shape index (κ1) is 10.4. The van der Waals surface area contributed by atoms with Crippen molar-refractivity contribution in [3.63, 3.8) is 0 Å². The van der Waals surface area contributed by atoms with Gasteiger partial charge in [-0.25, -0.2) is 4.79 Å². The molecule has 66 valence electrons. The van der Waals surface area contributed by atoms with Crippen molar-refractivity contribution in [3.05, 3.63) is 0 Å². The van der Waals surface area contributed by atoms with E-state index in [0.29, 0.717) is 0 Å². The SMILES string of the molecule is CN(CC#N)CC(=O)NC(N)=O. The maximum Gasteiger partial charge on any atom is 0.318 e. The number of urea groups is 1. The third-order valence-corrected chi connectivity index (χ3v) is 1.02. The Kier molecular flexibility index (Phi) is 4.41. The first-order valence-corrected chi connectivity index (χ1v) is 3.21. The Morgan fingerprint density at radius 3 is 2.67 bits per heavy atom. The zero-order valence-corrected chi connectivity index (χ0v) is 6.70. The number of nitrogens with zero attached hydrogens (tertiary/aromatic N) is 2. The number of nitriles is 1. The number of hydrogen-bond donors (Lipinski definition) is 2. The van der Waals surface area contributed by atoms with Crippen molar-refractivity contribution in [1.29, 1.82) is 5.26 Å². The van der Waals surface area contributed by atoms with Gasteiger partial charge in [0.15, 0.2) is 0 Å². The summed E-state index contributed by atoms with van der Waals surface area (Å²) in [4.78, 5) is 22.4. The molecule has 0 spiro atoms. The lowest BCUT2D eigenvalue weighted by atomic mass is 10.5. The lowest BCUT2D eigenvalue weighted by molar-refractivity contribution is -0.120. The van der Waals surface area contributed by atoms with Crippen molar-refractivity contribution >= 4 is 11.9 Å². The van der Waals surface area contributed by atoms with Crippen LogP contribution in [0.5, 0.6) is 0 Å². The van der Waals surface area contributed by atoms with Gasteiger partial charge in [-0.2, -0.15) is 5.26 Å². The third-order valence-electron chi connectivity index (χ3n) is 1.02. The van der Waals surface area contributed by atoms with Gasteiger partial charge in [-0.05, 0) is 7.05 Å². The molecule has 0 saturated carbocycles. The molecular weight excluding hydrogens is 160 g/mol. The predicted octanol–water partition coefficient (Wildman–Crippen LogP) is -1.36. The summed E-state index contributed by atoms with van der Waals surface area (Å²) in [7, 11) is 1.59. The normalized spacial score (nSPS) is 9.08. The molecule has 6 nitrogen and oxygen atoms in total. The average Bonchev–Trinajstić information content (AvgIpc) is 1.84. The van der Waals surface area contributed by atoms with Crippen molar-refractivity contribution in [3.8, 4) is 6.07 Å². The summed E-state index contributed by atoms with van der Waals surface area (Å²) in [6, 6.07) is 0.972. The molecular formula is C6H10N4O2. The summed E-state index contributed by atoms with van der Waals surface area (Å²) < 4.78 is 0. The van der Waals surface area contributed by atoms with E-state index in [1.807, 2.05) is 11.4 Å². The molecule has 0 aromatic heterocycles. The quantitative estimate of drug-likeness (QED) is 0.511. The van der Waals surface area contributed by atoms with Crippen LogP contribution in [-0.4, -0.2) is 37.0 Å². The summed E-state index contributed by atoms with van der Waals surface area (Å²) in [6.45, 7) is 0.114. The largest absolute Gasteiger partial charge is 0.351 e. The molecule has 12 heavy (non-hydrogen) atoms. The maximum absolute atomic E-state index is 10.8. The number of nitrogens with one attached hydrogen (secondary N) is 1. The summed E-state index contributed by atoms with van der Waals surface area (Å²) in [5.74, 6) is -0.514. The number of nitrogens with two attached hydrogens (primary N) is 1. The van der Waals surface area contributed by atoms with E-state index in [1.54, 1.807) is 7.05 Å². The first-order valence-electron chi connectivity index (χ1n) is 3.21. The van der Waals surface area contributed by atoms with Gasteiger partial charge in [0.05, 0.1) is 19.2 Å². The number of hydrogen-bond acceptors (Lipinski definition) is 4. The Labute approximate surface area is 69.9 Å². The Bertz CT molecular complexity index is 220. The number of primary amides is 1. The zero-order valence-electron chi connectivity index (χ0n) is 6.70. The van der Waals surface area contributed by atoms with Gasteiger partial charge in [0.25, 0.3) is 0 Å². The molecule has 0 fully saturated rings. The number of imide groups is 1. The van der Waals surface area contributed by atoms with Crippen LogP contribution in [-0.2, 0) is 4.79 Å². The summed E-state index contributed by atoms with van der Waals surface area (Å²) in [5, 5.41) is 10.1. The number of rotatable bonds is 3. The van der Waals surface area contributed by atoms with Crippen LogP contribution in [0.1, 0.15) is 0 Å². The van der Waals surface area contributed by atoms with E-state index in [-0.39, 0.29) is 13.1 Å². The standard InChI is InChI=1S/C6H10N4O2/c1-10(3-2-7)4-5(11)9-6(8)12/h3-4H2,1H3,(H3,8,9,11,12). The lowest BCUT2D eigenvalue weighted by Crippen LogP contribution is -2.41. The number of carbonyl (C=O) groups is 2. The van der Waals surface area contributed by atoms with Gasteiger partial charge in [-0.15, -0.1) is 0 Å². The predicted molar refractivity (Wildman–Crippen MR) is 40.8 cm³/mol. The van der Waals surface area contributed by atoms with Crippen LogP contribution in [0.15, 0.2) is 0 Å². The van der Waals surface area contributed by atoms with Crippen molar-refractivity contribution in [2.24, 2.45) is 5.73 Å². The molecule has 0 bridgehead atoms. The van der Waals surface area contributed by atoms with Crippen LogP contribution >= 0.6 is 0 Å². The summed E-state index contributed by atoms with van der Waals surface area (Å²) in [6.07, 6.45) is 0. The van der Waals surface area contributed by atoms with E-state index < -0.39 is 11.9 Å². The zero-order chi connectivity index (χ0) is 9.56. The number of carbonyl (C=O) groups excluding carboxylic acids is 2. The molecule has 0 aromatic carbocycles. The number of likely N-dealkylation sites (N-methyl/N-ethyl adjacent to an activating group) is 1. The van der Waals surface area contributed by atoms with Gasteiger partial charge >= 0.3 is 6.03 Å². The molecule has 0 aliphatic heterocycles. The molecule has 3 amide bonds. The van der Waals surface area contributed by atoms with E-state index in [4.69, 9.17) is 5.26 Å². The molecule has 0 unspecified atom stereocenters. The Balaban J connectivity index is 3.70. The van der Waals surface area contributed by atoms with E-state index in [1.165, 1.54) is 4.90 Å². The van der Waals surface area contributed by atoms with Crippen LogP contribution in [0.2, 0.25) is 0 Å². The summed E-state index contributed by atoms with van der Waals surface area (Å²) >= 11 is 0. The van der Waals surface area contributed by atoms with Gasteiger partial charge in [-0.3, -0.25) is 15.0 Å². The molecule has 3 N–H and O–H groups in total. The topological polar surface area (TPSA) is 99.2 Å². The highest BCUT2D eigenvalue weighted by molar-refractivity contribution is 5.94. The second kappa shape index (κ2) is 5.09.